The number of benzene rings is 1. The number of fused-ring (bicyclic) bond motifs is 1. The van der Waals surface area contributed by atoms with Gasteiger partial charge >= 0.3 is 0 Å². The molecule has 0 bridgehead atoms. The number of hydrogen-bond donors (Lipinski definition) is 1. The van der Waals surface area contributed by atoms with E-state index < -0.39 is 0 Å². The molecule has 148 valence electrons. The van der Waals surface area contributed by atoms with Crippen LogP contribution in [0.4, 0.5) is 5.69 Å². The molecule has 0 saturated carbocycles. The van der Waals surface area contributed by atoms with E-state index in [9.17, 15) is 9.59 Å². The highest BCUT2D eigenvalue weighted by atomic mass is 32.1. The summed E-state index contributed by atoms with van der Waals surface area (Å²) in [6.07, 6.45) is 0. The van der Waals surface area contributed by atoms with Crippen molar-refractivity contribution in [2.45, 2.75) is 26.4 Å². The molecule has 1 amide bonds. The molecule has 1 aromatic carbocycles. The number of hydrogen-bond acceptors (Lipinski definition) is 7. The zero-order valence-electron chi connectivity index (χ0n) is 15.8. The van der Waals surface area contributed by atoms with Crippen LogP contribution >= 0.6 is 22.7 Å². The predicted molar refractivity (Wildman–Crippen MR) is 114 cm³/mol. The first kappa shape index (κ1) is 19.3. The molecule has 1 N–H and O–H groups in total. The Hall–Kier alpha value is -3.04. The predicted octanol–water partition coefficient (Wildman–Crippen LogP) is 4.17. The molecule has 0 aliphatic rings. The van der Waals surface area contributed by atoms with Crippen LogP contribution in [0.1, 0.15) is 40.1 Å². The van der Waals surface area contributed by atoms with Gasteiger partial charge in [-0.2, -0.15) is 9.61 Å². The van der Waals surface area contributed by atoms with Crippen molar-refractivity contribution in [2.75, 3.05) is 5.32 Å². The fraction of sp³-hybridized carbons (Fsp3) is 0.200. The Morgan fingerprint density at radius 2 is 2.10 bits per heavy atom. The van der Waals surface area contributed by atoms with Crippen LogP contribution in [0.5, 0.6) is 5.75 Å². The summed E-state index contributed by atoms with van der Waals surface area (Å²) in [7, 11) is 0. The summed E-state index contributed by atoms with van der Waals surface area (Å²) in [5, 5.41) is 9.87. The molecule has 0 saturated heterocycles. The minimum atomic E-state index is -0.228. The highest BCUT2D eigenvalue weighted by Gasteiger charge is 2.12. The molecule has 0 unspecified atom stereocenters. The number of amides is 1. The van der Waals surface area contributed by atoms with Crippen molar-refractivity contribution in [1.29, 1.82) is 0 Å². The number of thiophene rings is 1. The van der Waals surface area contributed by atoms with Crippen LogP contribution in [0.25, 0.3) is 4.96 Å². The number of nitrogens with one attached hydrogen (secondary N) is 1. The van der Waals surface area contributed by atoms with Crippen molar-refractivity contribution in [2.24, 2.45) is 0 Å². The SMILES string of the molecule is CC(C)c1nn2c(=O)cc(COc3cccc(NC(=O)c4cccs4)c3)nc2s1. The molecule has 4 rings (SSSR count). The van der Waals surface area contributed by atoms with Crippen molar-refractivity contribution in [3.8, 4) is 5.75 Å². The fourth-order valence-electron chi connectivity index (χ4n) is 2.60. The second kappa shape index (κ2) is 8.14. The molecule has 7 nitrogen and oxygen atoms in total. The van der Waals surface area contributed by atoms with E-state index in [1.807, 2.05) is 25.3 Å². The van der Waals surface area contributed by atoms with Crippen molar-refractivity contribution < 1.29 is 9.53 Å². The van der Waals surface area contributed by atoms with Gasteiger partial charge in [-0.05, 0) is 23.6 Å². The van der Waals surface area contributed by atoms with Gasteiger partial charge in [0.1, 0.15) is 17.4 Å². The van der Waals surface area contributed by atoms with Gasteiger partial charge in [0.25, 0.3) is 11.5 Å². The minimum absolute atomic E-state index is 0.142. The third kappa shape index (κ3) is 4.36. The lowest BCUT2D eigenvalue weighted by molar-refractivity contribution is 0.103. The minimum Gasteiger partial charge on any atom is -0.487 e. The van der Waals surface area contributed by atoms with Gasteiger partial charge in [-0.25, -0.2) is 4.98 Å². The van der Waals surface area contributed by atoms with E-state index in [1.165, 1.54) is 33.3 Å². The Bertz CT molecular complexity index is 1210. The largest absolute Gasteiger partial charge is 0.487 e. The molecular formula is C20H18N4O3S2. The van der Waals surface area contributed by atoms with Crippen molar-refractivity contribution in [1.82, 2.24) is 14.6 Å². The van der Waals surface area contributed by atoms with E-state index in [2.05, 4.69) is 15.4 Å². The highest BCUT2D eigenvalue weighted by Crippen LogP contribution is 2.22. The zero-order valence-corrected chi connectivity index (χ0v) is 17.4. The molecular weight excluding hydrogens is 408 g/mol. The summed E-state index contributed by atoms with van der Waals surface area (Å²) >= 11 is 2.78. The first-order valence-corrected chi connectivity index (χ1v) is 10.7. The van der Waals surface area contributed by atoms with Crippen LogP contribution in [0.2, 0.25) is 0 Å². The summed E-state index contributed by atoms with van der Waals surface area (Å²) in [6, 6.07) is 12.1. The lowest BCUT2D eigenvalue weighted by Crippen LogP contribution is -2.16. The van der Waals surface area contributed by atoms with Crippen molar-refractivity contribution in [3.63, 3.8) is 0 Å². The first-order chi connectivity index (χ1) is 14.0. The quantitative estimate of drug-likeness (QED) is 0.500. The topological polar surface area (TPSA) is 85.6 Å². The number of aromatic nitrogens is 3. The molecule has 0 radical (unpaired) electrons. The lowest BCUT2D eigenvalue weighted by Gasteiger charge is -2.08. The Morgan fingerprint density at radius 3 is 2.86 bits per heavy atom. The van der Waals surface area contributed by atoms with E-state index in [0.29, 0.717) is 27.0 Å². The number of anilines is 1. The van der Waals surface area contributed by atoms with E-state index in [4.69, 9.17) is 4.74 Å². The maximum atomic E-state index is 12.3. The number of rotatable bonds is 6. The summed E-state index contributed by atoms with van der Waals surface area (Å²) in [6.45, 7) is 4.19. The van der Waals surface area contributed by atoms with Crippen LogP contribution in [0, 0.1) is 0 Å². The molecule has 4 aromatic rings. The third-order valence-electron chi connectivity index (χ3n) is 4.03. The van der Waals surface area contributed by atoms with Gasteiger partial charge in [0.15, 0.2) is 0 Å². The van der Waals surface area contributed by atoms with Crippen LogP contribution in [-0.2, 0) is 6.61 Å². The summed E-state index contributed by atoms with van der Waals surface area (Å²) in [5.41, 5.74) is 0.934. The maximum absolute atomic E-state index is 12.3. The first-order valence-electron chi connectivity index (χ1n) is 8.97. The van der Waals surface area contributed by atoms with Crippen LogP contribution in [0.15, 0.2) is 52.6 Å². The normalized spacial score (nSPS) is 11.1. The molecule has 3 aromatic heterocycles. The van der Waals surface area contributed by atoms with Gasteiger partial charge in [0, 0.05) is 23.7 Å². The second-order valence-electron chi connectivity index (χ2n) is 6.62. The van der Waals surface area contributed by atoms with Crippen LogP contribution in [0.3, 0.4) is 0 Å². The lowest BCUT2D eigenvalue weighted by atomic mass is 10.2. The van der Waals surface area contributed by atoms with Gasteiger partial charge in [-0.1, -0.05) is 37.3 Å². The Kier molecular flexibility index (Phi) is 5.41. The van der Waals surface area contributed by atoms with Gasteiger partial charge < -0.3 is 10.1 Å². The molecule has 29 heavy (non-hydrogen) atoms. The highest BCUT2D eigenvalue weighted by molar-refractivity contribution is 7.16. The molecule has 0 spiro atoms. The molecule has 0 aliphatic heterocycles. The van der Waals surface area contributed by atoms with Crippen molar-refractivity contribution >= 4 is 39.2 Å². The molecule has 3 heterocycles. The third-order valence-corrected chi connectivity index (χ3v) is 6.11. The van der Waals surface area contributed by atoms with Gasteiger partial charge in [0.2, 0.25) is 4.96 Å². The Labute approximate surface area is 174 Å². The standard InChI is InChI=1S/C20H18N4O3S2/c1-12(2)19-23-24-17(25)10-14(22-20(24)29-19)11-27-15-6-3-5-13(9-15)21-18(26)16-7-4-8-28-16/h3-10,12H,11H2,1-2H3,(H,21,26). The summed E-state index contributed by atoms with van der Waals surface area (Å²) in [4.78, 5) is 30.2. The van der Waals surface area contributed by atoms with Crippen molar-refractivity contribution in [3.05, 3.63) is 73.8 Å². The van der Waals surface area contributed by atoms with E-state index in [1.54, 1.807) is 30.3 Å². The molecule has 0 aliphatic carbocycles. The monoisotopic (exact) mass is 426 g/mol. The van der Waals surface area contributed by atoms with Gasteiger partial charge in [-0.15, -0.1) is 11.3 Å². The Morgan fingerprint density at radius 1 is 1.24 bits per heavy atom. The van der Waals surface area contributed by atoms with E-state index >= 15 is 0 Å². The van der Waals surface area contributed by atoms with Crippen LogP contribution in [-0.4, -0.2) is 20.5 Å². The zero-order chi connectivity index (χ0) is 20.4. The Balaban J connectivity index is 1.47. The smallest absolute Gasteiger partial charge is 0.275 e. The average Bonchev–Trinajstić information content (AvgIpc) is 3.37. The summed E-state index contributed by atoms with van der Waals surface area (Å²) < 4.78 is 7.11. The van der Waals surface area contributed by atoms with Gasteiger partial charge in [-0.3, -0.25) is 9.59 Å². The maximum Gasteiger partial charge on any atom is 0.275 e. The number of carbonyl (C=O) groups excluding carboxylic acids is 1. The number of ether oxygens (including phenoxy) is 1. The number of nitrogens with zero attached hydrogens (tertiary/aromatic N) is 3. The van der Waals surface area contributed by atoms with E-state index in [-0.39, 0.29) is 24.0 Å². The average molecular weight is 427 g/mol. The molecule has 9 heteroatoms. The second-order valence-corrected chi connectivity index (χ2v) is 8.56. The molecule has 0 atom stereocenters. The summed E-state index contributed by atoms with van der Waals surface area (Å²) in [5.74, 6) is 0.638. The van der Waals surface area contributed by atoms with Gasteiger partial charge in [0.05, 0.1) is 10.6 Å². The molecule has 0 fully saturated rings. The fourth-order valence-corrected chi connectivity index (χ4v) is 4.14. The van der Waals surface area contributed by atoms with E-state index in [0.717, 1.165) is 5.01 Å². The number of carbonyl (C=O) groups is 1. The van der Waals surface area contributed by atoms with Crippen LogP contribution < -0.4 is 15.6 Å².